The molecule has 3 heteroatoms. The smallest absolute Gasteiger partial charge is 0.0517 e. The van der Waals surface area contributed by atoms with Crippen molar-refractivity contribution in [3.63, 3.8) is 0 Å². The molecule has 0 aliphatic heterocycles. The molecule has 0 bridgehead atoms. The lowest BCUT2D eigenvalue weighted by molar-refractivity contribution is 0.124. The normalized spacial score (nSPS) is 16.4. The maximum atomic E-state index is 9.35. The van der Waals surface area contributed by atoms with Gasteiger partial charge in [-0.2, -0.15) is 0 Å². The molecule has 0 aromatic rings. The van der Waals surface area contributed by atoms with E-state index in [1.54, 1.807) is 7.11 Å². The summed E-state index contributed by atoms with van der Waals surface area (Å²) in [5, 5.41) is 12.8. The van der Waals surface area contributed by atoms with Crippen molar-refractivity contribution in [2.75, 3.05) is 20.3 Å². The van der Waals surface area contributed by atoms with E-state index in [1.165, 1.54) is 0 Å². The second kappa shape index (κ2) is 7.20. The summed E-state index contributed by atoms with van der Waals surface area (Å²) >= 11 is 0. The molecule has 0 aromatic carbocycles. The van der Waals surface area contributed by atoms with Gasteiger partial charge in [0.2, 0.25) is 0 Å². The van der Waals surface area contributed by atoms with Crippen molar-refractivity contribution in [2.24, 2.45) is 5.41 Å². The van der Waals surface area contributed by atoms with Crippen LogP contribution in [0.3, 0.4) is 0 Å². The van der Waals surface area contributed by atoms with Gasteiger partial charge in [0, 0.05) is 26.3 Å². The van der Waals surface area contributed by atoms with Crippen LogP contribution < -0.4 is 5.32 Å². The van der Waals surface area contributed by atoms with Crippen LogP contribution in [0, 0.1) is 5.41 Å². The molecular formula is C12H27NO2. The standard InChI is InChI=1S/C12H27NO2/c1-10(6-7-15-5)13-9-12(3,4)8-11(2)14/h10-11,13-14H,6-9H2,1-5H3. The minimum atomic E-state index is -0.226. The Morgan fingerprint density at radius 2 is 1.93 bits per heavy atom. The summed E-state index contributed by atoms with van der Waals surface area (Å²) < 4.78 is 5.03. The molecule has 0 radical (unpaired) electrons. The quantitative estimate of drug-likeness (QED) is 0.651. The summed E-state index contributed by atoms with van der Waals surface area (Å²) in [6, 6.07) is 0.471. The van der Waals surface area contributed by atoms with E-state index in [2.05, 4.69) is 26.1 Å². The fraction of sp³-hybridized carbons (Fsp3) is 1.00. The van der Waals surface area contributed by atoms with E-state index in [9.17, 15) is 5.11 Å². The minimum Gasteiger partial charge on any atom is -0.393 e. The SMILES string of the molecule is COCCC(C)NCC(C)(C)CC(C)O. The predicted molar refractivity (Wildman–Crippen MR) is 64.0 cm³/mol. The first-order chi connectivity index (χ1) is 6.87. The average Bonchev–Trinajstić information content (AvgIpc) is 2.09. The largest absolute Gasteiger partial charge is 0.393 e. The van der Waals surface area contributed by atoms with Crippen molar-refractivity contribution < 1.29 is 9.84 Å². The lowest BCUT2D eigenvalue weighted by atomic mass is 9.86. The van der Waals surface area contributed by atoms with Gasteiger partial charge >= 0.3 is 0 Å². The zero-order chi connectivity index (χ0) is 11.9. The van der Waals surface area contributed by atoms with Crippen molar-refractivity contribution in [2.45, 2.75) is 52.7 Å². The third kappa shape index (κ3) is 8.85. The second-order valence-electron chi connectivity index (χ2n) is 5.28. The molecule has 0 aromatic heterocycles. The fourth-order valence-electron chi connectivity index (χ4n) is 1.72. The molecule has 0 saturated carbocycles. The molecule has 0 fully saturated rings. The van der Waals surface area contributed by atoms with Crippen molar-refractivity contribution in [1.82, 2.24) is 5.32 Å². The monoisotopic (exact) mass is 217 g/mol. The third-order valence-corrected chi connectivity index (χ3v) is 2.53. The predicted octanol–water partition coefficient (Wildman–Crippen LogP) is 1.80. The number of nitrogens with one attached hydrogen (secondary N) is 1. The van der Waals surface area contributed by atoms with Gasteiger partial charge in [-0.25, -0.2) is 0 Å². The van der Waals surface area contributed by atoms with Gasteiger partial charge in [0.1, 0.15) is 0 Å². The number of aliphatic hydroxyl groups excluding tert-OH is 1. The van der Waals surface area contributed by atoms with Crippen molar-refractivity contribution >= 4 is 0 Å². The van der Waals surface area contributed by atoms with Gasteiger partial charge in [0.25, 0.3) is 0 Å². The summed E-state index contributed by atoms with van der Waals surface area (Å²) in [7, 11) is 1.73. The molecule has 15 heavy (non-hydrogen) atoms. The highest BCUT2D eigenvalue weighted by Crippen LogP contribution is 2.21. The number of rotatable bonds is 8. The average molecular weight is 217 g/mol. The van der Waals surface area contributed by atoms with Crippen LogP contribution in [0.2, 0.25) is 0 Å². The lowest BCUT2D eigenvalue weighted by Crippen LogP contribution is -2.37. The Morgan fingerprint density at radius 1 is 1.33 bits per heavy atom. The number of hydrogen-bond acceptors (Lipinski definition) is 3. The molecule has 0 saturated heterocycles. The number of aliphatic hydroxyl groups is 1. The summed E-state index contributed by atoms with van der Waals surface area (Å²) in [4.78, 5) is 0. The lowest BCUT2D eigenvalue weighted by Gasteiger charge is -2.28. The van der Waals surface area contributed by atoms with Gasteiger partial charge < -0.3 is 15.2 Å². The first-order valence-electron chi connectivity index (χ1n) is 5.78. The van der Waals surface area contributed by atoms with Gasteiger partial charge in [-0.3, -0.25) is 0 Å². The summed E-state index contributed by atoms with van der Waals surface area (Å²) in [6.45, 7) is 10.1. The van der Waals surface area contributed by atoms with E-state index < -0.39 is 0 Å². The van der Waals surface area contributed by atoms with E-state index in [0.29, 0.717) is 6.04 Å². The molecule has 3 nitrogen and oxygen atoms in total. The molecule has 0 heterocycles. The van der Waals surface area contributed by atoms with Crippen LogP contribution in [-0.4, -0.2) is 37.5 Å². The van der Waals surface area contributed by atoms with E-state index in [0.717, 1.165) is 26.0 Å². The molecular weight excluding hydrogens is 190 g/mol. The zero-order valence-electron chi connectivity index (χ0n) is 10.8. The highest BCUT2D eigenvalue weighted by molar-refractivity contribution is 4.75. The fourth-order valence-corrected chi connectivity index (χ4v) is 1.72. The molecule has 2 unspecified atom stereocenters. The van der Waals surface area contributed by atoms with Gasteiger partial charge in [0.15, 0.2) is 0 Å². The number of hydrogen-bond donors (Lipinski definition) is 2. The second-order valence-corrected chi connectivity index (χ2v) is 5.28. The van der Waals surface area contributed by atoms with E-state index in [1.807, 2.05) is 6.92 Å². The molecule has 0 spiro atoms. The van der Waals surface area contributed by atoms with Crippen molar-refractivity contribution in [3.8, 4) is 0 Å². The van der Waals surface area contributed by atoms with Crippen LogP contribution in [0.1, 0.15) is 40.5 Å². The van der Waals surface area contributed by atoms with Crippen molar-refractivity contribution in [1.29, 1.82) is 0 Å². The summed E-state index contributed by atoms with van der Waals surface area (Å²) in [5.41, 5.74) is 0.148. The zero-order valence-corrected chi connectivity index (χ0v) is 10.8. The number of ether oxygens (including phenoxy) is 1. The van der Waals surface area contributed by atoms with E-state index in [-0.39, 0.29) is 11.5 Å². The Hall–Kier alpha value is -0.120. The van der Waals surface area contributed by atoms with Gasteiger partial charge in [-0.1, -0.05) is 13.8 Å². The van der Waals surface area contributed by atoms with E-state index >= 15 is 0 Å². The Labute approximate surface area is 94.2 Å². The molecule has 0 rings (SSSR count). The Morgan fingerprint density at radius 3 is 2.40 bits per heavy atom. The molecule has 0 aliphatic rings. The molecule has 2 N–H and O–H groups in total. The topological polar surface area (TPSA) is 41.5 Å². The Balaban J connectivity index is 3.71. The van der Waals surface area contributed by atoms with Crippen LogP contribution in [0.15, 0.2) is 0 Å². The van der Waals surface area contributed by atoms with Crippen molar-refractivity contribution in [3.05, 3.63) is 0 Å². The summed E-state index contributed by atoms with van der Waals surface area (Å²) in [5.74, 6) is 0. The summed E-state index contributed by atoms with van der Waals surface area (Å²) in [6.07, 6.45) is 1.63. The van der Waals surface area contributed by atoms with Gasteiger partial charge in [-0.15, -0.1) is 0 Å². The van der Waals surface area contributed by atoms with Crippen LogP contribution in [0.25, 0.3) is 0 Å². The highest BCUT2D eigenvalue weighted by Gasteiger charge is 2.20. The van der Waals surface area contributed by atoms with E-state index in [4.69, 9.17) is 4.74 Å². The maximum Gasteiger partial charge on any atom is 0.0517 e. The van der Waals surface area contributed by atoms with Gasteiger partial charge in [-0.05, 0) is 32.1 Å². The van der Waals surface area contributed by atoms with Gasteiger partial charge in [0.05, 0.1) is 6.10 Å². The minimum absolute atomic E-state index is 0.148. The maximum absolute atomic E-state index is 9.35. The van der Waals surface area contributed by atoms with Crippen LogP contribution in [-0.2, 0) is 4.74 Å². The number of methoxy groups -OCH3 is 1. The Bertz CT molecular complexity index is 158. The molecule has 2 atom stereocenters. The first kappa shape index (κ1) is 14.9. The molecule has 92 valence electrons. The molecule has 0 amide bonds. The van der Waals surface area contributed by atoms with Crippen LogP contribution in [0.5, 0.6) is 0 Å². The first-order valence-corrected chi connectivity index (χ1v) is 5.78. The molecule has 0 aliphatic carbocycles. The highest BCUT2D eigenvalue weighted by atomic mass is 16.5. The Kier molecular flexibility index (Phi) is 7.14. The van der Waals surface area contributed by atoms with Crippen LogP contribution in [0.4, 0.5) is 0 Å². The third-order valence-electron chi connectivity index (χ3n) is 2.53. The van der Waals surface area contributed by atoms with Crippen LogP contribution >= 0.6 is 0 Å².